The Morgan fingerprint density at radius 1 is 1.53 bits per heavy atom. The van der Waals surface area contributed by atoms with Crippen LogP contribution in [0.1, 0.15) is 19.4 Å². The van der Waals surface area contributed by atoms with Gasteiger partial charge in [-0.15, -0.1) is 0 Å². The summed E-state index contributed by atoms with van der Waals surface area (Å²) in [6, 6.07) is 7.19. The number of hydrogen-bond donors (Lipinski definition) is 2. The molecule has 2 atom stereocenters. The Bertz CT molecular complexity index is 535. The van der Waals surface area contributed by atoms with E-state index in [0.717, 1.165) is 16.9 Å². The number of rotatable bonds is 3. The van der Waals surface area contributed by atoms with Gasteiger partial charge in [0.15, 0.2) is 0 Å². The lowest BCUT2D eigenvalue weighted by Crippen LogP contribution is -2.35. The lowest BCUT2D eigenvalue weighted by molar-refractivity contribution is -0.121. The summed E-state index contributed by atoms with van der Waals surface area (Å²) < 4.78 is 5.75. The maximum Gasteiger partial charge on any atom is 0.256 e. The van der Waals surface area contributed by atoms with Crippen LogP contribution >= 0.6 is 0 Å². The number of fused-ring (bicyclic) bond motifs is 1. The average molecular weight is 259 g/mol. The minimum atomic E-state index is -0.577. The molecule has 1 aliphatic heterocycles. The average Bonchev–Trinajstić information content (AvgIpc) is 2.39. The Balaban J connectivity index is 2.10. The number of hydrazone groups is 1. The molecule has 1 heterocycles. The highest BCUT2D eigenvalue weighted by Crippen LogP contribution is 2.28. The molecule has 0 saturated heterocycles. The molecule has 0 aliphatic carbocycles. The van der Waals surface area contributed by atoms with Gasteiger partial charge in [0.2, 0.25) is 0 Å². The van der Waals surface area contributed by atoms with Gasteiger partial charge < -0.3 is 10.5 Å². The Hall–Kier alpha value is -2.14. The molecule has 0 unspecified atom stereocenters. The van der Waals surface area contributed by atoms with E-state index in [-0.39, 0.29) is 12.0 Å². The minimum absolute atomic E-state index is 0.106. The number of nitrogens with zero attached hydrogens (tertiary/aromatic N) is 1. The highest BCUT2D eigenvalue weighted by Gasteiger charge is 2.16. The van der Waals surface area contributed by atoms with Gasteiger partial charge in [-0.3, -0.25) is 4.79 Å². The first kappa shape index (κ1) is 13.3. The highest BCUT2D eigenvalue weighted by molar-refractivity contribution is 5.90. The number of carbonyl (C=O) groups is 1. The lowest BCUT2D eigenvalue weighted by Gasteiger charge is -2.22. The van der Waals surface area contributed by atoms with Crippen LogP contribution in [0.2, 0.25) is 0 Å². The molecular weight excluding hydrogens is 242 g/mol. The zero-order chi connectivity index (χ0) is 13.8. The van der Waals surface area contributed by atoms with Crippen LogP contribution in [-0.2, 0) is 4.79 Å². The molecule has 100 valence electrons. The number of amides is 1. The standard InChI is InChI=1S/C14H17N3O2/c1-9(15)14(18)17-16-8-12-7-11-5-3-4-6-13(11)19-10(12)2/h3-10H,15H2,1-2H3,(H,17,18)/b16-8-/t9-,10-/m1/s1. The van der Waals surface area contributed by atoms with Gasteiger partial charge in [0, 0.05) is 11.1 Å². The molecule has 0 spiro atoms. The van der Waals surface area contributed by atoms with E-state index in [4.69, 9.17) is 10.5 Å². The predicted molar refractivity (Wildman–Crippen MR) is 74.8 cm³/mol. The second-order valence-corrected chi connectivity index (χ2v) is 4.47. The van der Waals surface area contributed by atoms with Gasteiger partial charge in [0.25, 0.3) is 5.91 Å². The van der Waals surface area contributed by atoms with Gasteiger partial charge in [0.1, 0.15) is 11.9 Å². The molecule has 1 aromatic rings. The fraction of sp³-hybridized carbons (Fsp3) is 0.286. The molecule has 1 aromatic carbocycles. The minimum Gasteiger partial charge on any atom is -0.485 e. The molecule has 5 heteroatoms. The van der Waals surface area contributed by atoms with Gasteiger partial charge in [-0.2, -0.15) is 5.10 Å². The zero-order valence-corrected chi connectivity index (χ0v) is 11.0. The van der Waals surface area contributed by atoms with E-state index in [0.29, 0.717) is 0 Å². The Morgan fingerprint density at radius 3 is 3.00 bits per heavy atom. The molecular formula is C14H17N3O2. The summed E-state index contributed by atoms with van der Waals surface area (Å²) in [4.78, 5) is 11.3. The van der Waals surface area contributed by atoms with Crippen molar-refractivity contribution >= 4 is 18.2 Å². The topological polar surface area (TPSA) is 76.7 Å². The van der Waals surface area contributed by atoms with Gasteiger partial charge in [0.05, 0.1) is 12.3 Å². The van der Waals surface area contributed by atoms with E-state index in [9.17, 15) is 4.79 Å². The van der Waals surface area contributed by atoms with Crippen molar-refractivity contribution in [1.82, 2.24) is 5.43 Å². The fourth-order valence-corrected chi connectivity index (χ4v) is 1.68. The summed E-state index contributed by atoms with van der Waals surface area (Å²) in [7, 11) is 0. The second kappa shape index (κ2) is 5.67. The van der Waals surface area contributed by atoms with Crippen molar-refractivity contribution in [2.75, 3.05) is 0 Å². The van der Waals surface area contributed by atoms with Crippen molar-refractivity contribution in [3.05, 3.63) is 35.4 Å². The number of nitrogens with one attached hydrogen (secondary N) is 1. The normalized spacial score (nSPS) is 19.3. The molecule has 0 radical (unpaired) electrons. The van der Waals surface area contributed by atoms with Crippen molar-refractivity contribution in [3.8, 4) is 5.75 Å². The summed E-state index contributed by atoms with van der Waals surface area (Å²) in [5, 5.41) is 3.89. The third-order valence-electron chi connectivity index (χ3n) is 2.82. The Morgan fingerprint density at radius 2 is 2.26 bits per heavy atom. The van der Waals surface area contributed by atoms with Crippen LogP contribution < -0.4 is 15.9 Å². The highest BCUT2D eigenvalue weighted by atomic mass is 16.5. The maximum absolute atomic E-state index is 11.3. The van der Waals surface area contributed by atoms with Crippen LogP contribution in [0.25, 0.3) is 6.08 Å². The molecule has 1 aliphatic rings. The molecule has 1 amide bonds. The fourth-order valence-electron chi connectivity index (χ4n) is 1.68. The first-order chi connectivity index (χ1) is 9.08. The largest absolute Gasteiger partial charge is 0.485 e. The first-order valence-electron chi connectivity index (χ1n) is 6.13. The summed E-state index contributed by atoms with van der Waals surface area (Å²) in [6.45, 7) is 3.54. The van der Waals surface area contributed by atoms with Crippen LogP contribution in [0.4, 0.5) is 0 Å². The molecule has 0 bridgehead atoms. The van der Waals surface area contributed by atoms with Gasteiger partial charge in [-0.05, 0) is 26.0 Å². The summed E-state index contributed by atoms with van der Waals surface area (Å²) in [6.07, 6.45) is 3.47. The second-order valence-electron chi connectivity index (χ2n) is 4.47. The predicted octanol–water partition coefficient (Wildman–Crippen LogP) is 1.30. The first-order valence-corrected chi connectivity index (χ1v) is 6.13. The van der Waals surface area contributed by atoms with Crippen molar-refractivity contribution < 1.29 is 9.53 Å². The Labute approximate surface area is 112 Å². The summed E-state index contributed by atoms with van der Waals surface area (Å²) in [5.41, 5.74) is 9.70. The monoisotopic (exact) mass is 259 g/mol. The third kappa shape index (κ3) is 3.20. The lowest BCUT2D eigenvalue weighted by atomic mass is 10.0. The number of benzene rings is 1. The van der Waals surface area contributed by atoms with Gasteiger partial charge >= 0.3 is 0 Å². The number of hydrogen-bond acceptors (Lipinski definition) is 4. The molecule has 0 fully saturated rings. The van der Waals surface area contributed by atoms with Crippen molar-refractivity contribution in [1.29, 1.82) is 0 Å². The van der Waals surface area contributed by atoms with Crippen molar-refractivity contribution in [3.63, 3.8) is 0 Å². The van der Waals surface area contributed by atoms with E-state index in [1.165, 1.54) is 0 Å². The molecule has 19 heavy (non-hydrogen) atoms. The van der Waals surface area contributed by atoms with Gasteiger partial charge in [-0.25, -0.2) is 5.43 Å². The number of nitrogens with two attached hydrogens (primary N) is 1. The smallest absolute Gasteiger partial charge is 0.256 e. The molecule has 3 N–H and O–H groups in total. The number of ether oxygens (including phenoxy) is 1. The van der Waals surface area contributed by atoms with Crippen molar-refractivity contribution in [2.24, 2.45) is 10.8 Å². The summed E-state index contributed by atoms with van der Waals surface area (Å²) >= 11 is 0. The van der Waals surface area contributed by atoms with E-state index in [1.54, 1.807) is 13.1 Å². The number of para-hydroxylation sites is 1. The maximum atomic E-state index is 11.3. The zero-order valence-electron chi connectivity index (χ0n) is 11.0. The Kier molecular flexibility index (Phi) is 3.97. The molecule has 2 rings (SSSR count). The van der Waals surface area contributed by atoms with E-state index >= 15 is 0 Å². The summed E-state index contributed by atoms with van der Waals surface area (Å²) in [5.74, 6) is 0.536. The van der Waals surface area contributed by atoms with Crippen LogP contribution in [0.15, 0.2) is 34.9 Å². The SMILES string of the molecule is C[C@@H](N)C(=O)N/N=C\C1=Cc2ccccc2O[C@@H]1C. The third-order valence-corrected chi connectivity index (χ3v) is 2.82. The van der Waals surface area contributed by atoms with E-state index in [1.807, 2.05) is 37.3 Å². The van der Waals surface area contributed by atoms with E-state index in [2.05, 4.69) is 10.5 Å². The number of carbonyl (C=O) groups excluding carboxylic acids is 1. The van der Waals surface area contributed by atoms with Crippen LogP contribution in [0.3, 0.4) is 0 Å². The van der Waals surface area contributed by atoms with Crippen LogP contribution in [0, 0.1) is 0 Å². The van der Waals surface area contributed by atoms with Gasteiger partial charge in [-0.1, -0.05) is 18.2 Å². The van der Waals surface area contributed by atoms with E-state index < -0.39 is 6.04 Å². The van der Waals surface area contributed by atoms with Crippen LogP contribution in [0.5, 0.6) is 5.75 Å². The van der Waals surface area contributed by atoms with Crippen molar-refractivity contribution in [2.45, 2.75) is 26.0 Å². The molecule has 0 saturated carbocycles. The molecule has 5 nitrogen and oxygen atoms in total. The molecule has 0 aromatic heterocycles. The quantitative estimate of drug-likeness (QED) is 0.634. The van der Waals surface area contributed by atoms with Crippen LogP contribution in [-0.4, -0.2) is 24.3 Å².